The second-order valence-corrected chi connectivity index (χ2v) is 7.73. The standard InChI is InChI=1S/C16H16ClN3O5S2/c1-24-16(21)20-15(26-2)19-14-8-7-12(9-13(14)18)27(22,23)25-11-5-3-10(17)4-6-11/h3-9H,18H2,1-2H3,(H,19,20,21). The fourth-order valence-corrected chi connectivity index (χ4v) is 3.29. The summed E-state index contributed by atoms with van der Waals surface area (Å²) in [5.41, 5.74) is 6.27. The second kappa shape index (κ2) is 8.98. The zero-order valence-electron chi connectivity index (χ0n) is 14.3. The normalized spacial score (nSPS) is 11.7. The predicted octanol–water partition coefficient (Wildman–Crippen LogP) is 3.40. The first kappa shape index (κ1) is 20.9. The van der Waals surface area contributed by atoms with Gasteiger partial charge in [0.2, 0.25) is 0 Å². The molecule has 0 aliphatic heterocycles. The number of ether oxygens (including phenoxy) is 1. The smallest absolute Gasteiger partial charge is 0.412 e. The van der Waals surface area contributed by atoms with Gasteiger partial charge in [-0.05, 0) is 48.7 Å². The number of halogens is 1. The lowest BCUT2D eigenvalue weighted by molar-refractivity contribution is 0.177. The van der Waals surface area contributed by atoms with E-state index in [9.17, 15) is 13.2 Å². The number of carbonyl (C=O) groups excluding carboxylic acids is 1. The Balaban J connectivity index is 2.26. The molecule has 0 aliphatic rings. The Bertz CT molecular complexity index is 963. The molecule has 0 unspecified atom stereocenters. The van der Waals surface area contributed by atoms with E-state index in [1.54, 1.807) is 6.26 Å². The van der Waals surface area contributed by atoms with E-state index in [0.717, 1.165) is 11.8 Å². The third-order valence-corrected chi connectivity index (χ3v) is 5.19. The molecule has 2 rings (SSSR count). The number of nitrogens with zero attached hydrogens (tertiary/aromatic N) is 1. The zero-order chi connectivity index (χ0) is 20.0. The molecule has 0 fully saturated rings. The van der Waals surface area contributed by atoms with E-state index in [4.69, 9.17) is 21.5 Å². The summed E-state index contributed by atoms with van der Waals surface area (Å²) in [5.74, 6) is 0.118. The maximum Gasteiger partial charge on any atom is 0.412 e. The predicted molar refractivity (Wildman–Crippen MR) is 106 cm³/mol. The quantitative estimate of drug-likeness (QED) is 0.330. The Labute approximate surface area is 165 Å². The van der Waals surface area contributed by atoms with Gasteiger partial charge in [-0.3, -0.25) is 5.32 Å². The maximum atomic E-state index is 12.4. The Morgan fingerprint density at radius 3 is 2.44 bits per heavy atom. The molecule has 144 valence electrons. The van der Waals surface area contributed by atoms with Crippen LogP contribution < -0.4 is 15.2 Å². The number of hydrogen-bond donors (Lipinski definition) is 2. The molecular formula is C16H16ClN3O5S2. The van der Waals surface area contributed by atoms with Crippen molar-refractivity contribution in [3.8, 4) is 5.75 Å². The molecule has 0 saturated carbocycles. The monoisotopic (exact) mass is 429 g/mol. The summed E-state index contributed by atoms with van der Waals surface area (Å²) in [6, 6.07) is 9.82. The van der Waals surface area contributed by atoms with Gasteiger partial charge in [0, 0.05) is 5.02 Å². The summed E-state index contributed by atoms with van der Waals surface area (Å²) >= 11 is 6.92. The highest BCUT2D eigenvalue weighted by atomic mass is 35.5. The average molecular weight is 430 g/mol. The summed E-state index contributed by atoms with van der Waals surface area (Å²) in [4.78, 5) is 15.3. The Hall–Kier alpha value is -2.43. The van der Waals surface area contributed by atoms with Crippen LogP contribution in [-0.2, 0) is 14.9 Å². The largest absolute Gasteiger partial charge is 0.453 e. The molecule has 8 nitrogen and oxygen atoms in total. The molecule has 11 heteroatoms. The van der Waals surface area contributed by atoms with Gasteiger partial charge in [-0.2, -0.15) is 8.42 Å². The van der Waals surface area contributed by atoms with Crippen molar-refractivity contribution in [3.63, 3.8) is 0 Å². The minimum atomic E-state index is -4.09. The van der Waals surface area contributed by atoms with Crippen molar-refractivity contribution in [1.82, 2.24) is 5.32 Å². The lowest BCUT2D eigenvalue weighted by atomic mass is 10.3. The number of alkyl carbamates (subject to hydrolysis) is 1. The number of nitrogens with two attached hydrogens (primary N) is 1. The minimum absolute atomic E-state index is 0.0917. The highest BCUT2D eigenvalue weighted by Crippen LogP contribution is 2.28. The molecule has 0 aromatic heterocycles. The molecule has 0 radical (unpaired) electrons. The molecule has 0 spiro atoms. The Kier molecular flexibility index (Phi) is 6.94. The van der Waals surface area contributed by atoms with Crippen molar-refractivity contribution in [1.29, 1.82) is 0 Å². The van der Waals surface area contributed by atoms with Crippen LogP contribution in [0.15, 0.2) is 52.4 Å². The number of thioether (sulfide) groups is 1. The van der Waals surface area contributed by atoms with Gasteiger partial charge in [0.15, 0.2) is 5.17 Å². The van der Waals surface area contributed by atoms with E-state index in [1.807, 2.05) is 0 Å². The fraction of sp³-hybridized carbons (Fsp3) is 0.125. The lowest BCUT2D eigenvalue weighted by Crippen LogP contribution is -2.27. The molecule has 2 aromatic carbocycles. The third kappa shape index (κ3) is 5.78. The molecule has 3 N–H and O–H groups in total. The van der Waals surface area contributed by atoms with E-state index in [2.05, 4.69) is 15.0 Å². The van der Waals surface area contributed by atoms with Crippen molar-refractivity contribution in [2.24, 2.45) is 4.99 Å². The molecule has 1 amide bonds. The van der Waals surface area contributed by atoms with Crippen LogP contribution in [0.1, 0.15) is 0 Å². The highest BCUT2D eigenvalue weighted by Gasteiger charge is 2.18. The molecule has 27 heavy (non-hydrogen) atoms. The molecule has 0 saturated heterocycles. The number of nitrogens with one attached hydrogen (secondary N) is 1. The van der Waals surface area contributed by atoms with Crippen molar-refractivity contribution in [3.05, 3.63) is 47.5 Å². The van der Waals surface area contributed by atoms with Crippen LogP contribution in [0.2, 0.25) is 5.02 Å². The molecule has 0 aliphatic carbocycles. The van der Waals surface area contributed by atoms with Crippen molar-refractivity contribution >= 4 is 56.1 Å². The first-order valence-corrected chi connectivity index (χ1v) is 10.3. The number of amides is 1. The molecule has 2 aromatic rings. The van der Waals surface area contributed by atoms with E-state index in [0.29, 0.717) is 5.02 Å². The molecule has 0 heterocycles. The molecular weight excluding hydrogens is 414 g/mol. The lowest BCUT2D eigenvalue weighted by Gasteiger charge is -2.10. The van der Waals surface area contributed by atoms with Crippen molar-refractivity contribution in [2.45, 2.75) is 4.90 Å². The van der Waals surface area contributed by atoms with Gasteiger partial charge in [0.25, 0.3) is 0 Å². The topological polar surface area (TPSA) is 120 Å². The van der Waals surface area contributed by atoms with Gasteiger partial charge in [0.1, 0.15) is 10.6 Å². The van der Waals surface area contributed by atoms with Crippen LogP contribution in [0.4, 0.5) is 16.2 Å². The summed E-state index contributed by atoms with van der Waals surface area (Å²) in [7, 11) is -2.86. The van der Waals surface area contributed by atoms with Gasteiger partial charge in [-0.25, -0.2) is 9.79 Å². The third-order valence-electron chi connectivity index (χ3n) is 3.12. The van der Waals surface area contributed by atoms with E-state index >= 15 is 0 Å². The first-order chi connectivity index (χ1) is 12.7. The van der Waals surface area contributed by atoms with E-state index < -0.39 is 16.2 Å². The number of anilines is 1. The number of amidine groups is 1. The average Bonchev–Trinajstić information content (AvgIpc) is 2.64. The number of carbonyl (C=O) groups is 1. The summed E-state index contributed by atoms with van der Waals surface area (Å²) in [5, 5.41) is 3.11. The SMILES string of the molecule is COC(=O)NC(=Nc1ccc(S(=O)(=O)Oc2ccc(Cl)cc2)cc1N)SC. The number of methoxy groups -OCH3 is 1. The number of aliphatic imine (C=N–C) groups is 1. The van der Waals surface area contributed by atoms with Gasteiger partial charge in [-0.1, -0.05) is 23.4 Å². The minimum Gasteiger partial charge on any atom is -0.453 e. The maximum absolute atomic E-state index is 12.4. The number of hydrogen-bond acceptors (Lipinski definition) is 8. The first-order valence-electron chi connectivity index (χ1n) is 7.32. The van der Waals surface area contributed by atoms with Crippen LogP contribution in [0, 0.1) is 0 Å². The summed E-state index contributed by atoms with van der Waals surface area (Å²) in [6.45, 7) is 0. The van der Waals surface area contributed by atoms with Gasteiger partial charge in [-0.15, -0.1) is 0 Å². The fourth-order valence-electron chi connectivity index (χ4n) is 1.83. The van der Waals surface area contributed by atoms with E-state index in [-0.39, 0.29) is 27.2 Å². The molecule has 0 bridgehead atoms. The number of benzene rings is 2. The molecule has 0 atom stereocenters. The number of nitrogen functional groups attached to an aromatic ring is 1. The summed E-state index contributed by atoms with van der Waals surface area (Å²) in [6.07, 6.45) is 1.02. The van der Waals surface area contributed by atoms with Crippen molar-refractivity contribution < 1.29 is 22.1 Å². The van der Waals surface area contributed by atoms with Crippen LogP contribution in [0.25, 0.3) is 0 Å². The number of rotatable bonds is 4. The van der Waals surface area contributed by atoms with Gasteiger partial charge >= 0.3 is 16.2 Å². The van der Waals surface area contributed by atoms with Gasteiger partial charge in [0.05, 0.1) is 18.5 Å². The van der Waals surface area contributed by atoms with Gasteiger partial charge < -0.3 is 14.7 Å². The van der Waals surface area contributed by atoms with E-state index in [1.165, 1.54) is 49.6 Å². The van der Waals surface area contributed by atoms with Crippen molar-refractivity contribution in [2.75, 3.05) is 19.1 Å². The van der Waals surface area contributed by atoms with Crippen LogP contribution in [0.5, 0.6) is 5.75 Å². The van der Waals surface area contributed by atoms with Crippen LogP contribution in [0.3, 0.4) is 0 Å². The second-order valence-electron chi connectivity index (χ2n) is 4.95. The van der Waals surface area contributed by atoms with Crippen LogP contribution in [-0.4, -0.2) is 33.0 Å². The highest BCUT2D eigenvalue weighted by molar-refractivity contribution is 8.13. The summed E-state index contributed by atoms with van der Waals surface area (Å²) < 4.78 is 34.3. The Morgan fingerprint density at radius 2 is 1.89 bits per heavy atom. The van der Waals surface area contributed by atoms with Crippen LogP contribution >= 0.6 is 23.4 Å². The zero-order valence-corrected chi connectivity index (χ0v) is 16.7. The Morgan fingerprint density at radius 1 is 1.22 bits per heavy atom.